The summed E-state index contributed by atoms with van der Waals surface area (Å²) in [4.78, 5) is 0. The van der Waals surface area contributed by atoms with Crippen molar-refractivity contribution >= 4 is 0 Å². The van der Waals surface area contributed by atoms with E-state index in [1.807, 2.05) is 43.3 Å². The maximum absolute atomic E-state index is 3.17. The number of unbranched alkanes of at least 4 members (excludes halogenated alkanes) is 2. The summed E-state index contributed by atoms with van der Waals surface area (Å²) in [5.74, 6) is 6.31. The molecule has 0 aliphatic heterocycles. The minimum atomic E-state index is 0.955. The molecule has 0 aliphatic carbocycles. The summed E-state index contributed by atoms with van der Waals surface area (Å²) in [7, 11) is 0. The van der Waals surface area contributed by atoms with E-state index in [1.165, 1.54) is 0 Å². The third-order valence-corrected chi connectivity index (χ3v) is 1.94. The van der Waals surface area contributed by atoms with Crippen molar-refractivity contribution in [1.29, 1.82) is 0 Å². The Balaban J connectivity index is 2.26. The van der Waals surface area contributed by atoms with Gasteiger partial charge in [-0.3, -0.25) is 0 Å². The second-order valence-electron chi connectivity index (χ2n) is 3.22. The van der Waals surface area contributed by atoms with Gasteiger partial charge in [0.05, 0.1) is 0 Å². The molecule has 0 spiro atoms. The van der Waals surface area contributed by atoms with Gasteiger partial charge in [0.2, 0.25) is 0 Å². The molecule has 1 rings (SSSR count). The van der Waals surface area contributed by atoms with E-state index in [9.17, 15) is 0 Å². The maximum Gasteiger partial charge on any atom is 0.0245 e. The Morgan fingerprint density at radius 2 is 2.00 bits per heavy atom. The number of benzene rings is 1. The van der Waals surface area contributed by atoms with Crippen LogP contribution in [0.2, 0.25) is 0 Å². The Bertz CT molecular complexity index is 381. The van der Waals surface area contributed by atoms with Crippen molar-refractivity contribution in [3.05, 3.63) is 53.8 Å². The smallest absolute Gasteiger partial charge is 0.0245 e. The Labute approximate surface area is 92.3 Å². The van der Waals surface area contributed by atoms with Gasteiger partial charge in [-0.05, 0) is 44.1 Å². The predicted molar refractivity (Wildman–Crippen MR) is 65.5 cm³/mol. The van der Waals surface area contributed by atoms with E-state index in [0.717, 1.165) is 24.8 Å². The number of rotatable bonds is 3. The van der Waals surface area contributed by atoms with E-state index in [0.29, 0.717) is 0 Å². The summed E-state index contributed by atoms with van der Waals surface area (Å²) >= 11 is 0. The van der Waals surface area contributed by atoms with Gasteiger partial charge in [0.1, 0.15) is 0 Å². The van der Waals surface area contributed by atoms with Crippen molar-refractivity contribution in [2.75, 3.05) is 0 Å². The van der Waals surface area contributed by atoms with Crippen LogP contribution in [-0.4, -0.2) is 0 Å². The van der Waals surface area contributed by atoms with Crippen molar-refractivity contribution in [3.8, 4) is 11.8 Å². The molecule has 0 heterocycles. The molecule has 0 saturated heterocycles. The van der Waals surface area contributed by atoms with Crippen molar-refractivity contribution in [3.63, 3.8) is 0 Å². The summed E-state index contributed by atoms with van der Waals surface area (Å²) < 4.78 is 0. The molecular formula is C15H16. The highest BCUT2D eigenvalue weighted by molar-refractivity contribution is 5.33. The van der Waals surface area contributed by atoms with E-state index in [1.54, 1.807) is 0 Å². The average molecular weight is 196 g/mol. The van der Waals surface area contributed by atoms with Crippen LogP contribution in [-0.2, 0) is 0 Å². The van der Waals surface area contributed by atoms with Crippen molar-refractivity contribution in [2.24, 2.45) is 0 Å². The van der Waals surface area contributed by atoms with Crippen molar-refractivity contribution in [1.82, 2.24) is 0 Å². The lowest BCUT2D eigenvalue weighted by molar-refractivity contribution is 0.886. The van der Waals surface area contributed by atoms with Crippen LogP contribution in [0.25, 0.3) is 0 Å². The SMILES string of the molecule is CC=C=CCCCC#Cc1ccccc1. The third kappa shape index (κ3) is 5.57. The average Bonchev–Trinajstić information content (AvgIpc) is 2.29. The maximum atomic E-state index is 3.17. The Morgan fingerprint density at radius 3 is 2.73 bits per heavy atom. The second-order valence-corrected chi connectivity index (χ2v) is 3.22. The lowest BCUT2D eigenvalue weighted by Gasteiger charge is -1.87. The monoisotopic (exact) mass is 196 g/mol. The van der Waals surface area contributed by atoms with Crippen LogP contribution in [0.5, 0.6) is 0 Å². The molecule has 0 amide bonds. The van der Waals surface area contributed by atoms with Gasteiger partial charge in [-0.15, -0.1) is 5.73 Å². The first-order valence-corrected chi connectivity index (χ1v) is 5.33. The van der Waals surface area contributed by atoms with Crippen LogP contribution in [0.4, 0.5) is 0 Å². The molecule has 0 bridgehead atoms. The molecule has 0 unspecified atom stereocenters. The van der Waals surface area contributed by atoms with Gasteiger partial charge in [-0.2, -0.15) is 0 Å². The summed E-state index contributed by atoms with van der Waals surface area (Å²) in [6, 6.07) is 10.1. The van der Waals surface area contributed by atoms with Gasteiger partial charge in [0.15, 0.2) is 0 Å². The molecule has 0 saturated carbocycles. The molecule has 0 atom stereocenters. The van der Waals surface area contributed by atoms with E-state index < -0.39 is 0 Å². The Kier molecular flexibility index (Phi) is 5.82. The third-order valence-electron chi connectivity index (χ3n) is 1.94. The number of hydrogen-bond donors (Lipinski definition) is 0. The van der Waals surface area contributed by atoms with Gasteiger partial charge in [0.25, 0.3) is 0 Å². The van der Waals surface area contributed by atoms with Gasteiger partial charge in [0, 0.05) is 12.0 Å². The highest BCUT2D eigenvalue weighted by atomic mass is 13.9. The van der Waals surface area contributed by atoms with E-state index in [2.05, 4.69) is 23.6 Å². The normalized spacial score (nSPS) is 8.33. The fraction of sp³-hybridized carbons (Fsp3) is 0.267. The fourth-order valence-corrected chi connectivity index (χ4v) is 1.18. The van der Waals surface area contributed by atoms with Crippen LogP contribution < -0.4 is 0 Å². The summed E-state index contributed by atoms with van der Waals surface area (Å²) in [5, 5.41) is 0. The predicted octanol–water partition coefficient (Wildman–Crippen LogP) is 3.94. The van der Waals surface area contributed by atoms with E-state index in [4.69, 9.17) is 0 Å². The zero-order chi connectivity index (χ0) is 10.8. The minimum absolute atomic E-state index is 0.955. The van der Waals surface area contributed by atoms with Crippen LogP contribution in [0.3, 0.4) is 0 Å². The molecule has 1 aromatic carbocycles. The van der Waals surface area contributed by atoms with Gasteiger partial charge in [-0.25, -0.2) is 0 Å². The molecule has 0 heteroatoms. The second kappa shape index (κ2) is 7.68. The van der Waals surface area contributed by atoms with Gasteiger partial charge in [-0.1, -0.05) is 30.0 Å². The quantitative estimate of drug-likeness (QED) is 0.390. The lowest BCUT2D eigenvalue weighted by atomic mass is 10.2. The Morgan fingerprint density at radius 1 is 1.20 bits per heavy atom. The summed E-state index contributed by atoms with van der Waals surface area (Å²) in [6.45, 7) is 1.98. The highest BCUT2D eigenvalue weighted by Gasteiger charge is 1.82. The van der Waals surface area contributed by atoms with E-state index >= 15 is 0 Å². The van der Waals surface area contributed by atoms with Crippen molar-refractivity contribution < 1.29 is 0 Å². The number of allylic oxidation sites excluding steroid dienone is 1. The highest BCUT2D eigenvalue weighted by Crippen LogP contribution is 1.97. The zero-order valence-corrected chi connectivity index (χ0v) is 9.16. The Hall–Kier alpha value is -1.70. The first-order chi connectivity index (χ1) is 7.43. The van der Waals surface area contributed by atoms with Crippen LogP contribution >= 0.6 is 0 Å². The fourth-order valence-electron chi connectivity index (χ4n) is 1.18. The molecular weight excluding hydrogens is 180 g/mol. The van der Waals surface area contributed by atoms with Crippen LogP contribution in [0, 0.1) is 11.8 Å². The lowest BCUT2D eigenvalue weighted by Crippen LogP contribution is -1.72. The van der Waals surface area contributed by atoms with Crippen molar-refractivity contribution in [2.45, 2.75) is 26.2 Å². The van der Waals surface area contributed by atoms with Crippen LogP contribution in [0.1, 0.15) is 31.7 Å². The summed E-state index contributed by atoms with van der Waals surface area (Å²) in [6.07, 6.45) is 7.12. The molecule has 0 nitrogen and oxygen atoms in total. The van der Waals surface area contributed by atoms with Gasteiger partial charge >= 0.3 is 0 Å². The topological polar surface area (TPSA) is 0 Å². The molecule has 0 aliphatic rings. The molecule has 1 aromatic rings. The van der Waals surface area contributed by atoms with Crippen LogP contribution in [0.15, 0.2) is 48.2 Å². The molecule has 76 valence electrons. The molecule has 0 N–H and O–H groups in total. The first-order valence-electron chi connectivity index (χ1n) is 5.33. The molecule has 15 heavy (non-hydrogen) atoms. The molecule has 0 radical (unpaired) electrons. The van der Waals surface area contributed by atoms with E-state index in [-0.39, 0.29) is 0 Å². The molecule has 0 aromatic heterocycles. The number of hydrogen-bond acceptors (Lipinski definition) is 0. The summed E-state index contributed by atoms with van der Waals surface area (Å²) in [5.41, 5.74) is 4.16. The minimum Gasteiger partial charge on any atom is -0.130 e. The molecule has 0 fully saturated rings. The van der Waals surface area contributed by atoms with Gasteiger partial charge < -0.3 is 0 Å². The standard InChI is InChI=1S/C15H16/c1-2-3-4-5-6-7-9-12-15-13-10-8-11-14-15/h2,4,8,10-11,13-14H,5-7H2,1H3. The largest absolute Gasteiger partial charge is 0.130 e. The first kappa shape index (κ1) is 11.4. The zero-order valence-electron chi connectivity index (χ0n) is 9.16.